The normalized spacial score (nSPS) is 13.2. The lowest BCUT2D eigenvalue weighted by atomic mass is 10.2. The van der Waals surface area contributed by atoms with Gasteiger partial charge in [-0.1, -0.05) is 6.92 Å². The van der Waals surface area contributed by atoms with Crippen molar-refractivity contribution in [1.29, 1.82) is 0 Å². The number of amides is 1. The second kappa shape index (κ2) is 4.96. The van der Waals surface area contributed by atoms with Crippen LogP contribution in [-0.4, -0.2) is 27.6 Å². The summed E-state index contributed by atoms with van der Waals surface area (Å²) >= 11 is 0. The van der Waals surface area contributed by atoms with Gasteiger partial charge in [-0.25, -0.2) is 9.97 Å². The number of methoxy groups -OCH3 is 1. The molecule has 2 aromatic rings. The van der Waals surface area contributed by atoms with E-state index in [0.717, 1.165) is 30.0 Å². The molecule has 0 unspecified atom stereocenters. The largest absolute Gasteiger partial charge is 0.480 e. The summed E-state index contributed by atoms with van der Waals surface area (Å²) in [4.78, 5) is 20.5. The molecule has 0 aliphatic carbocycles. The van der Waals surface area contributed by atoms with Crippen molar-refractivity contribution < 1.29 is 9.53 Å². The summed E-state index contributed by atoms with van der Waals surface area (Å²) in [5, 5.41) is 2.80. The number of hydrogen-bond acceptors (Lipinski definition) is 4. The van der Waals surface area contributed by atoms with Gasteiger partial charge in [-0.3, -0.25) is 4.79 Å². The van der Waals surface area contributed by atoms with Gasteiger partial charge in [0, 0.05) is 12.7 Å². The molecule has 1 aliphatic rings. The van der Waals surface area contributed by atoms with Crippen LogP contribution >= 0.6 is 0 Å². The number of carbonyl (C=O) groups is 1. The molecule has 104 valence electrons. The monoisotopic (exact) mass is 272 g/mol. The van der Waals surface area contributed by atoms with E-state index in [0.29, 0.717) is 18.1 Å². The molecule has 0 atom stereocenters. The zero-order chi connectivity index (χ0) is 14.1. The van der Waals surface area contributed by atoms with E-state index in [1.54, 1.807) is 13.3 Å². The van der Waals surface area contributed by atoms with Crippen LogP contribution < -0.4 is 10.1 Å². The number of carbonyl (C=O) groups excluding carboxylic acids is 1. The highest BCUT2D eigenvalue weighted by molar-refractivity contribution is 5.96. The van der Waals surface area contributed by atoms with Gasteiger partial charge in [0.25, 0.3) is 5.91 Å². The number of pyridine rings is 1. The van der Waals surface area contributed by atoms with E-state index in [2.05, 4.69) is 26.8 Å². The fourth-order valence-corrected chi connectivity index (χ4v) is 2.49. The van der Waals surface area contributed by atoms with Gasteiger partial charge in [-0.2, -0.15) is 0 Å². The van der Waals surface area contributed by atoms with Crippen molar-refractivity contribution in [3.8, 4) is 17.3 Å². The Labute approximate surface area is 116 Å². The minimum atomic E-state index is -0.112. The predicted octanol–water partition coefficient (Wildman–Crippen LogP) is 1.61. The van der Waals surface area contributed by atoms with E-state index in [-0.39, 0.29) is 5.91 Å². The highest BCUT2D eigenvalue weighted by Gasteiger charge is 2.28. The van der Waals surface area contributed by atoms with Crippen LogP contribution in [0.4, 0.5) is 0 Å². The van der Waals surface area contributed by atoms with Gasteiger partial charge in [0.15, 0.2) is 5.69 Å². The second-order valence-electron chi connectivity index (χ2n) is 4.63. The lowest BCUT2D eigenvalue weighted by Gasteiger charge is -2.11. The molecule has 0 spiro atoms. The minimum absolute atomic E-state index is 0.112. The summed E-state index contributed by atoms with van der Waals surface area (Å²) in [6.45, 7) is 3.44. The Bertz CT molecular complexity index is 663. The van der Waals surface area contributed by atoms with Crippen LogP contribution in [0.5, 0.6) is 5.88 Å². The molecule has 0 bridgehead atoms. The van der Waals surface area contributed by atoms with Gasteiger partial charge < -0.3 is 14.6 Å². The Morgan fingerprint density at radius 1 is 1.50 bits per heavy atom. The van der Waals surface area contributed by atoms with Gasteiger partial charge in [-0.15, -0.1) is 0 Å². The molecule has 0 saturated carbocycles. The van der Waals surface area contributed by atoms with Crippen molar-refractivity contribution in [3.05, 3.63) is 29.7 Å². The lowest BCUT2D eigenvalue weighted by molar-refractivity contribution is 0.0961. The second-order valence-corrected chi connectivity index (χ2v) is 4.63. The van der Waals surface area contributed by atoms with E-state index in [1.165, 1.54) is 0 Å². The summed E-state index contributed by atoms with van der Waals surface area (Å²) in [6.07, 6.45) is 2.64. The van der Waals surface area contributed by atoms with Crippen molar-refractivity contribution in [2.24, 2.45) is 0 Å². The Kier molecular flexibility index (Phi) is 3.14. The number of rotatable bonds is 4. The molecular weight excluding hydrogens is 256 g/mol. The summed E-state index contributed by atoms with van der Waals surface area (Å²) in [6, 6.07) is 3.75. The van der Waals surface area contributed by atoms with Crippen LogP contribution in [0.25, 0.3) is 11.4 Å². The predicted molar refractivity (Wildman–Crippen MR) is 73.5 cm³/mol. The third-order valence-corrected chi connectivity index (χ3v) is 3.36. The molecule has 0 radical (unpaired) electrons. The molecule has 20 heavy (non-hydrogen) atoms. The number of ether oxygens (including phenoxy) is 1. The molecule has 0 fully saturated rings. The van der Waals surface area contributed by atoms with Gasteiger partial charge in [0.2, 0.25) is 5.88 Å². The lowest BCUT2D eigenvalue weighted by Crippen LogP contribution is -2.15. The van der Waals surface area contributed by atoms with E-state index in [1.807, 2.05) is 12.1 Å². The molecule has 6 heteroatoms. The molecule has 2 aromatic heterocycles. The molecule has 6 nitrogen and oxygen atoms in total. The Morgan fingerprint density at radius 2 is 2.35 bits per heavy atom. The van der Waals surface area contributed by atoms with Gasteiger partial charge in [0.1, 0.15) is 5.82 Å². The minimum Gasteiger partial charge on any atom is -0.480 e. The van der Waals surface area contributed by atoms with Gasteiger partial charge in [0.05, 0.1) is 24.9 Å². The third kappa shape index (κ3) is 1.84. The highest BCUT2D eigenvalue weighted by Crippen LogP contribution is 2.30. The van der Waals surface area contributed by atoms with Crippen molar-refractivity contribution >= 4 is 5.91 Å². The number of nitrogens with one attached hydrogen (secondary N) is 1. The maximum absolute atomic E-state index is 11.8. The van der Waals surface area contributed by atoms with Crippen molar-refractivity contribution in [3.63, 3.8) is 0 Å². The number of imidazole rings is 1. The van der Waals surface area contributed by atoms with Crippen LogP contribution in [0.15, 0.2) is 18.3 Å². The SMILES string of the molecule is CCCn1c(-c2cccnc2OC)nc2c1CNC2=O. The maximum Gasteiger partial charge on any atom is 0.272 e. The molecule has 1 amide bonds. The van der Waals surface area contributed by atoms with Crippen molar-refractivity contribution in [2.45, 2.75) is 26.4 Å². The van der Waals surface area contributed by atoms with E-state index < -0.39 is 0 Å². The Balaban J connectivity index is 2.18. The third-order valence-electron chi connectivity index (χ3n) is 3.36. The van der Waals surface area contributed by atoms with Crippen LogP contribution in [0.1, 0.15) is 29.5 Å². The van der Waals surface area contributed by atoms with E-state index in [9.17, 15) is 4.79 Å². The average molecular weight is 272 g/mol. The molecule has 0 aromatic carbocycles. The molecule has 0 saturated heterocycles. The molecule has 1 N–H and O–H groups in total. The first-order valence-electron chi connectivity index (χ1n) is 6.63. The van der Waals surface area contributed by atoms with Crippen molar-refractivity contribution in [2.75, 3.05) is 7.11 Å². The van der Waals surface area contributed by atoms with Crippen LogP contribution in [0.3, 0.4) is 0 Å². The fraction of sp³-hybridized carbons (Fsp3) is 0.357. The van der Waals surface area contributed by atoms with E-state index >= 15 is 0 Å². The highest BCUT2D eigenvalue weighted by atomic mass is 16.5. The van der Waals surface area contributed by atoms with Gasteiger partial charge in [-0.05, 0) is 18.6 Å². The first kappa shape index (κ1) is 12.7. The number of nitrogens with zero attached hydrogens (tertiary/aromatic N) is 3. The summed E-state index contributed by atoms with van der Waals surface area (Å²) in [5.41, 5.74) is 2.27. The standard InChI is InChI=1S/C14H16N4O2/c1-3-7-18-10-8-16-13(19)11(10)17-12(18)9-5-4-6-15-14(9)20-2/h4-6H,3,7-8H2,1-2H3,(H,16,19). The summed E-state index contributed by atoms with van der Waals surface area (Å²) < 4.78 is 7.37. The molecular formula is C14H16N4O2. The Morgan fingerprint density at radius 3 is 3.10 bits per heavy atom. The Hall–Kier alpha value is -2.37. The number of aromatic nitrogens is 3. The average Bonchev–Trinajstić information content (AvgIpc) is 3.01. The smallest absolute Gasteiger partial charge is 0.272 e. The zero-order valence-electron chi connectivity index (χ0n) is 11.5. The number of fused-ring (bicyclic) bond motifs is 1. The summed E-state index contributed by atoms with van der Waals surface area (Å²) in [7, 11) is 1.58. The molecule has 1 aliphatic heterocycles. The quantitative estimate of drug-likeness (QED) is 0.918. The van der Waals surface area contributed by atoms with Crippen molar-refractivity contribution in [1.82, 2.24) is 19.9 Å². The first-order chi connectivity index (χ1) is 9.76. The molecule has 3 rings (SSSR count). The fourth-order valence-electron chi connectivity index (χ4n) is 2.49. The molecule has 3 heterocycles. The van der Waals surface area contributed by atoms with Crippen LogP contribution in [-0.2, 0) is 13.1 Å². The topological polar surface area (TPSA) is 69.0 Å². The van der Waals surface area contributed by atoms with Crippen LogP contribution in [0, 0.1) is 0 Å². The van der Waals surface area contributed by atoms with Crippen LogP contribution in [0.2, 0.25) is 0 Å². The zero-order valence-corrected chi connectivity index (χ0v) is 11.5. The number of hydrogen-bond donors (Lipinski definition) is 1. The van der Waals surface area contributed by atoms with Gasteiger partial charge >= 0.3 is 0 Å². The summed E-state index contributed by atoms with van der Waals surface area (Å²) in [5.74, 6) is 1.16. The van der Waals surface area contributed by atoms with E-state index in [4.69, 9.17) is 4.74 Å². The maximum atomic E-state index is 11.8. The first-order valence-corrected chi connectivity index (χ1v) is 6.63.